The molecule has 1 aromatic heterocycles. The Kier molecular flexibility index (Phi) is 4.65. The van der Waals surface area contributed by atoms with Gasteiger partial charge in [0.1, 0.15) is 24.1 Å². The Labute approximate surface area is 152 Å². The molecule has 0 amide bonds. The van der Waals surface area contributed by atoms with Gasteiger partial charge in [0.15, 0.2) is 5.69 Å². The van der Waals surface area contributed by atoms with E-state index >= 15 is 0 Å². The minimum atomic E-state index is 0.297. The minimum Gasteiger partial charge on any atom is -0.489 e. The van der Waals surface area contributed by atoms with Crippen LogP contribution in [0.1, 0.15) is 48.4 Å². The van der Waals surface area contributed by atoms with Crippen LogP contribution >= 0.6 is 0 Å². The van der Waals surface area contributed by atoms with Crippen molar-refractivity contribution >= 4 is 0 Å². The molecule has 5 heteroatoms. The SMILES string of the molecule is N#Cc1n[nH]nc1-c1cccc(COc2ccc(C3CCCC3)cc2)c1. The number of hydrogen-bond donors (Lipinski definition) is 1. The third-order valence-corrected chi connectivity index (χ3v) is 4.97. The molecule has 1 fully saturated rings. The smallest absolute Gasteiger partial charge is 0.190 e. The molecule has 0 saturated heterocycles. The molecule has 26 heavy (non-hydrogen) atoms. The number of aromatic nitrogens is 3. The molecule has 5 nitrogen and oxygen atoms in total. The molecule has 1 aliphatic carbocycles. The number of rotatable bonds is 5. The van der Waals surface area contributed by atoms with Gasteiger partial charge >= 0.3 is 0 Å². The Hall–Kier alpha value is -3.13. The quantitative estimate of drug-likeness (QED) is 0.735. The maximum atomic E-state index is 9.09. The van der Waals surface area contributed by atoms with E-state index in [9.17, 15) is 0 Å². The molecule has 2 aromatic carbocycles. The van der Waals surface area contributed by atoms with Crippen molar-refractivity contribution in [2.24, 2.45) is 0 Å². The topological polar surface area (TPSA) is 74.6 Å². The Morgan fingerprint density at radius 1 is 1.08 bits per heavy atom. The zero-order chi connectivity index (χ0) is 17.8. The van der Waals surface area contributed by atoms with Crippen LogP contribution in [-0.2, 0) is 6.61 Å². The predicted molar refractivity (Wildman–Crippen MR) is 98.5 cm³/mol. The highest BCUT2D eigenvalue weighted by Gasteiger charge is 2.16. The molecule has 0 radical (unpaired) electrons. The maximum Gasteiger partial charge on any atom is 0.190 e. The summed E-state index contributed by atoms with van der Waals surface area (Å²) in [6.45, 7) is 0.469. The summed E-state index contributed by atoms with van der Waals surface area (Å²) in [6, 6.07) is 18.4. The summed E-state index contributed by atoms with van der Waals surface area (Å²) >= 11 is 0. The van der Waals surface area contributed by atoms with E-state index in [-0.39, 0.29) is 0 Å². The monoisotopic (exact) mass is 344 g/mol. The van der Waals surface area contributed by atoms with Gasteiger partial charge in [0.2, 0.25) is 0 Å². The van der Waals surface area contributed by atoms with Crippen molar-refractivity contribution in [2.45, 2.75) is 38.2 Å². The Morgan fingerprint density at radius 3 is 2.65 bits per heavy atom. The highest BCUT2D eigenvalue weighted by Crippen LogP contribution is 2.34. The molecule has 4 rings (SSSR count). The van der Waals surface area contributed by atoms with Gasteiger partial charge in [-0.1, -0.05) is 43.2 Å². The fraction of sp³-hybridized carbons (Fsp3) is 0.286. The van der Waals surface area contributed by atoms with E-state index in [0.717, 1.165) is 22.8 Å². The summed E-state index contributed by atoms with van der Waals surface area (Å²) in [5, 5.41) is 19.5. The van der Waals surface area contributed by atoms with Crippen LogP contribution in [0.4, 0.5) is 0 Å². The number of benzene rings is 2. The molecule has 0 bridgehead atoms. The van der Waals surface area contributed by atoms with E-state index in [1.54, 1.807) is 0 Å². The fourth-order valence-electron chi connectivity index (χ4n) is 3.58. The highest BCUT2D eigenvalue weighted by molar-refractivity contribution is 5.64. The van der Waals surface area contributed by atoms with Crippen molar-refractivity contribution < 1.29 is 4.74 Å². The Bertz CT molecular complexity index is 918. The van der Waals surface area contributed by atoms with Crippen molar-refractivity contribution in [3.63, 3.8) is 0 Å². The molecule has 0 spiro atoms. The van der Waals surface area contributed by atoms with Gasteiger partial charge in [-0.05, 0) is 48.1 Å². The zero-order valence-electron chi connectivity index (χ0n) is 14.5. The van der Waals surface area contributed by atoms with Gasteiger partial charge < -0.3 is 4.74 Å². The molecule has 1 saturated carbocycles. The van der Waals surface area contributed by atoms with Crippen LogP contribution in [0.15, 0.2) is 48.5 Å². The van der Waals surface area contributed by atoms with Crippen LogP contribution in [-0.4, -0.2) is 15.4 Å². The third-order valence-electron chi connectivity index (χ3n) is 4.97. The van der Waals surface area contributed by atoms with Crippen molar-refractivity contribution in [1.29, 1.82) is 5.26 Å². The Balaban J connectivity index is 1.43. The summed E-state index contributed by atoms with van der Waals surface area (Å²) in [4.78, 5) is 0. The van der Waals surface area contributed by atoms with E-state index in [0.29, 0.717) is 18.0 Å². The second-order valence-electron chi connectivity index (χ2n) is 6.67. The molecule has 1 aliphatic rings. The molecule has 0 atom stereocenters. The summed E-state index contributed by atoms with van der Waals surface area (Å²) in [6.07, 6.45) is 5.30. The summed E-state index contributed by atoms with van der Waals surface area (Å²) < 4.78 is 5.93. The number of hydrogen-bond acceptors (Lipinski definition) is 4. The molecule has 1 N–H and O–H groups in total. The van der Waals surface area contributed by atoms with Gasteiger partial charge in [0, 0.05) is 5.56 Å². The third kappa shape index (κ3) is 3.45. The largest absolute Gasteiger partial charge is 0.489 e. The van der Waals surface area contributed by atoms with Gasteiger partial charge in [-0.15, -0.1) is 5.10 Å². The summed E-state index contributed by atoms with van der Waals surface area (Å²) in [5.74, 6) is 1.59. The fourth-order valence-corrected chi connectivity index (χ4v) is 3.58. The van der Waals surface area contributed by atoms with Gasteiger partial charge in [0.25, 0.3) is 0 Å². The Morgan fingerprint density at radius 2 is 1.88 bits per heavy atom. The first-order valence-corrected chi connectivity index (χ1v) is 8.96. The predicted octanol–water partition coefficient (Wildman–Crippen LogP) is 4.58. The lowest BCUT2D eigenvalue weighted by molar-refractivity contribution is 0.306. The van der Waals surface area contributed by atoms with E-state index in [1.165, 1.54) is 31.2 Å². The average Bonchev–Trinajstić information content (AvgIpc) is 3.38. The van der Waals surface area contributed by atoms with Crippen LogP contribution in [0.2, 0.25) is 0 Å². The average molecular weight is 344 g/mol. The van der Waals surface area contributed by atoms with Crippen molar-refractivity contribution in [2.75, 3.05) is 0 Å². The summed E-state index contributed by atoms with van der Waals surface area (Å²) in [5.41, 5.74) is 4.16. The van der Waals surface area contributed by atoms with Gasteiger partial charge in [0.05, 0.1) is 0 Å². The van der Waals surface area contributed by atoms with Gasteiger partial charge in [-0.3, -0.25) is 0 Å². The van der Waals surface area contributed by atoms with E-state index < -0.39 is 0 Å². The number of aromatic amines is 1. The number of H-pyrrole nitrogens is 1. The van der Waals surface area contributed by atoms with E-state index in [4.69, 9.17) is 10.00 Å². The molecule has 0 unspecified atom stereocenters. The van der Waals surface area contributed by atoms with Crippen LogP contribution < -0.4 is 4.74 Å². The lowest BCUT2D eigenvalue weighted by atomic mass is 9.98. The van der Waals surface area contributed by atoms with Gasteiger partial charge in [-0.25, -0.2) is 0 Å². The van der Waals surface area contributed by atoms with Crippen molar-refractivity contribution in [3.05, 3.63) is 65.4 Å². The first-order valence-electron chi connectivity index (χ1n) is 8.96. The van der Waals surface area contributed by atoms with Crippen molar-refractivity contribution in [3.8, 4) is 23.1 Å². The second-order valence-corrected chi connectivity index (χ2v) is 6.67. The molecule has 1 heterocycles. The summed E-state index contributed by atoms with van der Waals surface area (Å²) in [7, 11) is 0. The number of ether oxygens (including phenoxy) is 1. The van der Waals surface area contributed by atoms with Crippen molar-refractivity contribution in [1.82, 2.24) is 15.4 Å². The first-order chi connectivity index (χ1) is 12.8. The van der Waals surface area contributed by atoms with Crippen LogP contribution in [0.25, 0.3) is 11.3 Å². The lowest BCUT2D eigenvalue weighted by Gasteiger charge is -2.11. The number of nitrogens with zero attached hydrogens (tertiary/aromatic N) is 3. The second kappa shape index (κ2) is 7.40. The highest BCUT2D eigenvalue weighted by atomic mass is 16.5. The van der Waals surface area contributed by atoms with Crippen LogP contribution in [0.3, 0.4) is 0 Å². The standard InChI is InChI=1S/C21H20N4O/c22-13-20-21(24-25-23-20)18-7-3-4-15(12-18)14-26-19-10-8-17(9-11-19)16-5-1-2-6-16/h3-4,7-12,16H,1-2,5-6,14H2,(H,23,24,25). The number of nitriles is 1. The maximum absolute atomic E-state index is 9.09. The molecule has 130 valence electrons. The number of nitrogens with one attached hydrogen (secondary N) is 1. The molecular formula is C21H20N4O. The minimum absolute atomic E-state index is 0.297. The zero-order valence-corrected chi connectivity index (χ0v) is 14.5. The van der Waals surface area contributed by atoms with Gasteiger partial charge in [-0.2, -0.15) is 15.6 Å². The van der Waals surface area contributed by atoms with Crippen LogP contribution in [0, 0.1) is 11.3 Å². The normalized spacial score (nSPS) is 14.3. The first kappa shape index (κ1) is 16.3. The van der Waals surface area contributed by atoms with E-state index in [2.05, 4.69) is 39.7 Å². The molecule has 3 aromatic rings. The molecule has 0 aliphatic heterocycles. The van der Waals surface area contributed by atoms with Crippen LogP contribution in [0.5, 0.6) is 5.75 Å². The lowest BCUT2D eigenvalue weighted by Crippen LogP contribution is -1.97. The molecular weight excluding hydrogens is 324 g/mol. The van der Waals surface area contributed by atoms with E-state index in [1.807, 2.05) is 30.3 Å².